The average Bonchev–Trinajstić information content (AvgIpc) is 2.27. The van der Waals surface area contributed by atoms with E-state index in [0.717, 1.165) is 10.9 Å². The molecular formula is C10H10ClN3O. The maximum atomic E-state index is 6.05. The molecule has 0 amide bonds. The van der Waals surface area contributed by atoms with E-state index in [1.54, 1.807) is 13.2 Å². The lowest BCUT2D eigenvalue weighted by molar-refractivity contribution is 0.401. The molecule has 0 fully saturated rings. The van der Waals surface area contributed by atoms with E-state index in [2.05, 4.69) is 9.97 Å². The Hall–Kier alpha value is -1.39. The van der Waals surface area contributed by atoms with Crippen molar-refractivity contribution in [2.75, 3.05) is 7.11 Å². The first kappa shape index (κ1) is 10.1. The van der Waals surface area contributed by atoms with Crippen LogP contribution in [0.4, 0.5) is 0 Å². The molecule has 4 nitrogen and oxygen atoms in total. The lowest BCUT2D eigenvalue weighted by atomic mass is 10.2. The molecule has 0 saturated carbocycles. The summed E-state index contributed by atoms with van der Waals surface area (Å²) in [5, 5.41) is 1.30. The lowest BCUT2D eigenvalue weighted by Crippen LogP contribution is -2.04. The highest BCUT2D eigenvalue weighted by Gasteiger charge is 2.09. The number of hydrogen-bond donors (Lipinski definition) is 1. The lowest BCUT2D eigenvalue weighted by Gasteiger charge is -2.07. The van der Waals surface area contributed by atoms with Gasteiger partial charge < -0.3 is 10.5 Å². The van der Waals surface area contributed by atoms with Crippen LogP contribution in [0.2, 0.25) is 5.02 Å². The van der Waals surface area contributed by atoms with Gasteiger partial charge in [-0.25, -0.2) is 4.98 Å². The monoisotopic (exact) mass is 223 g/mol. The zero-order valence-electron chi connectivity index (χ0n) is 8.20. The number of nitrogens with two attached hydrogens (primary N) is 1. The maximum Gasteiger partial charge on any atom is 0.226 e. The molecule has 0 saturated heterocycles. The second-order valence-corrected chi connectivity index (χ2v) is 3.39. The third kappa shape index (κ3) is 1.73. The van der Waals surface area contributed by atoms with Gasteiger partial charge in [-0.1, -0.05) is 17.7 Å². The summed E-state index contributed by atoms with van der Waals surface area (Å²) in [6.07, 6.45) is 0. The summed E-state index contributed by atoms with van der Waals surface area (Å²) in [6, 6.07) is 5.46. The summed E-state index contributed by atoms with van der Waals surface area (Å²) in [6.45, 7) is 0.277. The molecule has 2 aromatic rings. The van der Waals surface area contributed by atoms with Crippen LogP contribution in [-0.2, 0) is 6.54 Å². The Kier molecular flexibility index (Phi) is 2.70. The van der Waals surface area contributed by atoms with Crippen LogP contribution in [0.3, 0.4) is 0 Å². The van der Waals surface area contributed by atoms with Crippen LogP contribution in [-0.4, -0.2) is 17.1 Å². The van der Waals surface area contributed by atoms with Gasteiger partial charge in [0.25, 0.3) is 0 Å². The number of benzene rings is 1. The third-order valence-corrected chi connectivity index (χ3v) is 2.38. The Morgan fingerprint density at radius 2 is 2.20 bits per heavy atom. The van der Waals surface area contributed by atoms with Crippen LogP contribution < -0.4 is 10.5 Å². The van der Waals surface area contributed by atoms with Gasteiger partial charge in [-0.3, -0.25) is 0 Å². The molecule has 0 radical (unpaired) electrons. The van der Waals surface area contributed by atoms with Crippen LogP contribution in [0.15, 0.2) is 18.2 Å². The number of methoxy groups -OCH3 is 1. The molecule has 0 spiro atoms. The van der Waals surface area contributed by atoms with E-state index in [1.807, 2.05) is 12.1 Å². The Balaban J connectivity index is 2.81. The normalized spacial score (nSPS) is 10.6. The number of halogens is 1. The number of ether oxygens (including phenoxy) is 1. The molecular weight excluding hydrogens is 214 g/mol. The van der Waals surface area contributed by atoms with Gasteiger partial charge in [-0.15, -0.1) is 0 Å². The van der Waals surface area contributed by atoms with Gasteiger partial charge >= 0.3 is 0 Å². The molecule has 0 bridgehead atoms. The summed E-state index contributed by atoms with van der Waals surface area (Å²) in [7, 11) is 1.55. The fraction of sp³-hybridized carbons (Fsp3) is 0.200. The highest BCUT2D eigenvalue weighted by molar-refractivity contribution is 6.35. The molecule has 2 rings (SSSR count). The number of nitrogens with zero attached hydrogens (tertiary/aromatic N) is 2. The van der Waals surface area contributed by atoms with Crippen molar-refractivity contribution in [1.29, 1.82) is 0 Å². The molecule has 0 aliphatic heterocycles. The SMILES string of the molecule is COc1nc(CN)nc2cccc(Cl)c12. The summed E-state index contributed by atoms with van der Waals surface area (Å²) in [5.41, 5.74) is 6.23. The van der Waals surface area contributed by atoms with E-state index in [-0.39, 0.29) is 6.54 Å². The van der Waals surface area contributed by atoms with E-state index in [4.69, 9.17) is 22.1 Å². The predicted molar refractivity (Wildman–Crippen MR) is 59.0 cm³/mol. The first-order chi connectivity index (χ1) is 7.26. The number of aromatic nitrogens is 2. The number of hydrogen-bond acceptors (Lipinski definition) is 4. The first-order valence-corrected chi connectivity index (χ1v) is 4.83. The molecule has 1 heterocycles. The van der Waals surface area contributed by atoms with Gasteiger partial charge in [-0.05, 0) is 12.1 Å². The minimum absolute atomic E-state index is 0.277. The van der Waals surface area contributed by atoms with Crippen LogP contribution >= 0.6 is 11.6 Å². The van der Waals surface area contributed by atoms with Crippen molar-refractivity contribution < 1.29 is 4.74 Å². The van der Waals surface area contributed by atoms with Gasteiger partial charge in [0.05, 0.1) is 29.6 Å². The Morgan fingerprint density at radius 3 is 2.87 bits per heavy atom. The van der Waals surface area contributed by atoms with Crippen molar-refractivity contribution in [3.05, 3.63) is 29.0 Å². The largest absolute Gasteiger partial charge is 0.480 e. The smallest absolute Gasteiger partial charge is 0.226 e. The fourth-order valence-electron chi connectivity index (χ4n) is 1.39. The zero-order chi connectivity index (χ0) is 10.8. The molecule has 15 heavy (non-hydrogen) atoms. The average molecular weight is 224 g/mol. The molecule has 1 aromatic heterocycles. The first-order valence-electron chi connectivity index (χ1n) is 4.45. The van der Waals surface area contributed by atoms with Crippen LogP contribution in [0.5, 0.6) is 5.88 Å². The molecule has 1 aromatic carbocycles. The predicted octanol–water partition coefficient (Wildman–Crippen LogP) is 1.75. The number of rotatable bonds is 2. The van der Waals surface area contributed by atoms with Crippen molar-refractivity contribution in [1.82, 2.24) is 9.97 Å². The van der Waals surface area contributed by atoms with E-state index in [1.165, 1.54) is 0 Å². The van der Waals surface area contributed by atoms with Crippen molar-refractivity contribution in [2.24, 2.45) is 5.73 Å². The van der Waals surface area contributed by atoms with Gasteiger partial charge in [0.1, 0.15) is 5.82 Å². The molecule has 2 N–H and O–H groups in total. The summed E-state index contributed by atoms with van der Waals surface area (Å²) < 4.78 is 5.16. The summed E-state index contributed by atoms with van der Waals surface area (Å²) >= 11 is 6.05. The molecule has 0 aliphatic rings. The minimum atomic E-state index is 0.277. The van der Waals surface area contributed by atoms with Crippen LogP contribution in [0, 0.1) is 0 Å². The van der Waals surface area contributed by atoms with Gasteiger partial charge in [0.2, 0.25) is 5.88 Å². The van der Waals surface area contributed by atoms with Gasteiger partial charge in [-0.2, -0.15) is 4.98 Å². The van der Waals surface area contributed by atoms with E-state index < -0.39 is 0 Å². The standard InChI is InChI=1S/C10H10ClN3O/c1-15-10-9-6(11)3-2-4-7(9)13-8(5-12)14-10/h2-4H,5,12H2,1H3. The summed E-state index contributed by atoms with van der Waals surface area (Å²) in [5.74, 6) is 1.01. The molecule has 0 unspecified atom stereocenters. The Morgan fingerprint density at radius 1 is 1.40 bits per heavy atom. The van der Waals surface area contributed by atoms with E-state index >= 15 is 0 Å². The van der Waals surface area contributed by atoms with E-state index in [0.29, 0.717) is 16.7 Å². The zero-order valence-corrected chi connectivity index (χ0v) is 8.95. The number of fused-ring (bicyclic) bond motifs is 1. The Bertz CT molecular complexity index is 501. The van der Waals surface area contributed by atoms with Gasteiger partial charge in [0.15, 0.2) is 0 Å². The van der Waals surface area contributed by atoms with Crippen molar-refractivity contribution in [3.8, 4) is 5.88 Å². The molecule has 5 heteroatoms. The highest BCUT2D eigenvalue weighted by Crippen LogP contribution is 2.29. The van der Waals surface area contributed by atoms with E-state index in [9.17, 15) is 0 Å². The highest BCUT2D eigenvalue weighted by atomic mass is 35.5. The fourth-order valence-corrected chi connectivity index (χ4v) is 1.64. The van der Waals surface area contributed by atoms with Crippen molar-refractivity contribution in [2.45, 2.75) is 6.54 Å². The second-order valence-electron chi connectivity index (χ2n) is 2.99. The topological polar surface area (TPSA) is 61.0 Å². The van der Waals surface area contributed by atoms with Crippen LogP contribution in [0.1, 0.15) is 5.82 Å². The molecule has 0 atom stereocenters. The van der Waals surface area contributed by atoms with Gasteiger partial charge in [0, 0.05) is 0 Å². The Labute approximate surface area is 92.0 Å². The molecule has 0 aliphatic carbocycles. The van der Waals surface area contributed by atoms with Crippen LogP contribution in [0.25, 0.3) is 10.9 Å². The molecule has 78 valence electrons. The minimum Gasteiger partial charge on any atom is -0.480 e. The maximum absolute atomic E-state index is 6.05. The third-order valence-electron chi connectivity index (χ3n) is 2.06. The summed E-state index contributed by atoms with van der Waals surface area (Å²) in [4.78, 5) is 8.42. The van der Waals surface area contributed by atoms with Crippen molar-refractivity contribution in [3.63, 3.8) is 0 Å². The quantitative estimate of drug-likeness (QED) is 0.843. The second kappa shape index (κ2) is 4.00. The van der Waals surface area contributed by atoms with Crippen molar-refractivity contribution >= 4 is 22.5 Å².